The molecule has 1 aromatic carbocycles. The number of hydrogen-bond donors (Lipinski definition) is 1. The number of nitrogens with zero attached hydrogens (tertiary/aromatic N) is 4. The molecule has 2 aromatic heterocycles. The van der Waals surface area contributed by atoms with E-state index in [9.17, 15) is 19.2 Å². The van der Waals surface area contributed by atoms with Crippen molar-refractivity contribution in [2.45, 2.75) is 39.3 Å². The third kappa shape index (κ3) is 4.12. The van der Waals surface area contributed by atoms with E-state index in [2.05, 4.69) is 15.3 Å². The number of benzene rings is 1. The van der Waals surface area contributed by atoms with Gasteiger partial charge in [0.15, 0.2) is 0 Å². The van der Waals surface area contributed by atoms with Crippen LogP contribution in [0.25, 0.3) is 16.6 Å². The van der Waals surface area contributed by atoms with Crippen molar-refractivity contribution in [3.05, 3.63) is 64.2 Å². The molecule has 1 amide bonds. The van der Waals surface area contributed by atoms with Gasteiger partial charge < -0.3 is 10.1 Å². The smallest absolute Gasteiger partial charge is 0.408 e. The van der Waals surface area contributed by atoms with Crippen LogP contribution in [0, 0.1) is 17.1 Å². The highest BCUT2D eigenvalue weighted by Gasteiger charge is 2.24. The number of halogens is 1. The van der Waals surface area contributed by atoms with Gasteiger partial charge in [0.05, 0.1) is 28.9 Å². The van der Waals surface area contributed by atoms with E-state index in [0.717, 1.165) is 6.07 Å². The summed E-state index contributed by atoms with van der Waals surface area (Å²) in [6, 6.07) is 6.64. The second kappa shape index (κ2) is 7.91. The van der Waals surface area contributed by atoms with E-state index in [0.29, 0.717) is 5.69 Å². The van der Waals surface area contributed by atoms with Crippen LogP contribution in [0.3, 0.4) is 0 Å². The number of fused-ring (bicyclic) bond motifs is 1. The molecule has 0 saturated carbocycles. The molecule has 1 unspecified atom stereocenters. The first-order chi connectivity index (χ1) is 14.1. The number of aromatic nitrogens is 3. The quantitative estimate of drug-likeness (QED) is 0.710. The van der Waals surface area contributed by atoms with Crippen LogP contribution in [0.1, 0.15) is 45.1 Å². The first-order valence-electron chi connectivity index (χ1n) is 9.17. The van der Waals surface area contributed by atoms with Gasteiger partial charge in [-0.15, -0.1) is 0 Å². The number of alkyl carbamates (subject to hydrolysis) is 1. The molecule has 0 aliphatic carbocycles. The fourth-order valence-electron chi connectivity index (χ4n) is 2.94. The Bertz CT molecular complexity index is 1210. The van der Waals surface area contributed by atoms with E-state index in [4.69, 9.17) is 4.74 Å². The summed E-state index contributed by atoms with van der Waals surface area (Å²) in [5.74, 6) is -0.675. The number of hydrogen-bond acceptors (Lipinski definition) is 6. The van der Waals surface area contributed by atoms with Crippen molar-refractivity contribution in [3.8, 4) is 11.8 Å². The summed E-state index contributed by atoms with van der Waals surface area (Å²) >= 11 is 0. The van der Waals surface area contributed by atoms with Gasteiger partial charge in [-0.25, -0.2) is 14.2 Å². The minimum Gasteiger partial charge on any atom is -0.444 e. The highest BCUT2D eigenvalue weighted by atomic mass is 19.1. The molecule has 8 nitrogen and oxygen atoms in total. The number of nitrogens with one attached hydrogen (secondary N) is 1. The highest BCUT2D eigenvalue weighted by Crippen LogP contribution is 2.22. The number of pyridine rings is 1. The normalized spacial score (nSPS) is 12.3. The van der Waals surface area contributed by atoms with E-state index in [1.54, 1.807) is 39.8 Å². The Hall–Kier alpha value is -3.80. The number of rotatable bonds is 3. The van der Waals surface area contributed by atoms with Gasteiger partial charge in [0.25, 0.3) is 5.56 Å². The van der Waals surface area contributed by atoms with Gasteiger partial charge in [-0.2, -0.15) is 5.26 Å². The Kier molecular flexibility index (Phi) is 5.52. The van der Waals surface area contributed by atoms with Crippen molar-refractivity contribution < 1.29 is 13.9 Å². The van der Waals surface area contributed by atoms with Crippen molar-refractivity contribution in [2.75, 3.05) is 0 Å². The molecule has 2 heterocycles. The Labute approximate surface area is 172 Å². The minimum atomic E-state index is -0.817. The number of nitriles is 1. The molecule has 0 spiro atoms. The van der Waals surface area contributed by atoms with Crippen LogP contribution in [-0.2, 0) is 4.74 Å². The second-order valence-electron chi connectivity index (χ2n) is 7.62. The summed E-state index contributed by atoms with van der Waals surface area (Å²) in [7, 11) is 0. The van der Waals surface area contributed by atoms with Crippen LogP contribution in [-0.4, -0.2) is 26.2 Å². The lowest BCUT2D eigenvalue weighted by molar-refractivity contribution is 0.0505. The second-order valence-corrected chi connectivity index (χ2v) is 7.62. The first kappa shape index (κ1) is 20.9. The van der Waals surface area contributed by atoms with E-state index in [1.807, 2.05) is 6.07 Å². The van der Waals surface area contributed by atoms with Crippen molar-refractivity contribution in [1.29, 1.82) is 5.26 Å². The average Bonchev–Trinajstić information content (AvgIpc) is 2.67. The first-order valence-corrected chi connectivity index (χ1v) is 9.17. The molecule has 0 bridgehead atoms. The van der Waals surface area contributed by atoms with Gasteiger partial charge in [0.2, 0.25) is 0 Å². The molecule has 0 fully saturated rings. The van der Waals surface area contributed by atoms with Crippen LogP contribution >= 0.6 is 0 Å². The van der Waals surface area contributed by atoms with Crippen LogP contribution < -0.4 is 10.9 Å². The molecule has 30 heavy (non-hydrogen) atoms. The minimum absolute atomic E-state index is 0.000782. The number of ether oxygens (including phenoxy) is 1. The standard InChI is InChI=1S/C21H20FN5O3/c1-12(25-20(29)30-21(2,3)4)18-26-17-15(22)8-7-13(10-23)16(17)19(28)27(18)14-6-5-9-24-11-14/h5-9,11-12H,1-4H3,(H,25,29). The zero-order valence-electron chi connectivity index (χ0n) is 16.9. The summed E-state index contributed by atoms with van der Waals surface area (Å²) in [6.07, 6.45) is 2.25. The average molecular weight is 409 g/mol. The van der Waals surface area contributed by atoms with E-state index < -0.39 is 29.1 Å². The Morgan fingerprint density at radius 3 is 2.67 bits per heavy atom. The molecule has 1 N–H and O–H groups in total. The van der Waals surface area contributed by atoms with Gasteiger partial charge in [-0.3, -0.25) is 14.3 Å². The van der Waals surface area contributed by atoms with Crippen LogP contribution in [0.2, 0.25) is 0 Å². The number of amides is 1. The Morgan fingerprint density at radius 2 is 2.07 bits per heavy atom. The lowest BCUT2D eigenvalue weighted by Gasteiger charge is -2.23. The molecule has 0 aliphatic rings. The molecule has 3 rings (SSSR count). The van der Waals surface area contributed by atoms with Gasteiger partial charge in [0.1, 0.15) is 28.8 Å². The third-order valence-corrected chi connectivity index (χ3v) is 4.15. The monoisotopic (exact) mass is 409 g/mol. The highest BCUT2D eigenvalue weighted by molar-refractivity contribution is 5.84. The van der Waals surface area contributed by atoms with E-state index in [-0.39, 0.29) is 22.3 Å². The van der Waals surface area contributed by atoms with Crippen molar-refractivity contribution in [1.82, 2.24) is 19.9 Å². The molecule has 3 aromatic rings. The predicted octanol–water partition coefficient (Wildman–Crippen LogP) is 3.38. The molecular formula is C21H20FN5O3. The van der Waals surface area contributed by atoms with Crippen LogP contribution in [0.4, 0.5) is 9.18 Å². The van der Waals surface area contributed by atoms with Gasteiger partial charge in [-0.1, -0.05) is 0 Å². The molecule has 154 valence electrons. The predicted molar refractivity (Wildman–Crippen MR) is 108 cm³/mol. The third-order valence-electron chi connectivity index (χ3n) is 4.15. The zero-order valence-corrected chi connectivity index (χ0v) is 16.9. The summed E-state index contributed by atoms with van der Waals surface area (Å²) in [6.45, 7) is 6.75. The molecule has 1 atom stereocenters. The van der Waals surface area contributed by atoms with Crippen molar-refractivity contribution in [3.63, 3.8) is 0 Å². The maximum absolute atomic E-state index is 14.5. The van der Waals surface area contributed by atoms with Gasteiger partial charge in [-0.05, 0) is 52.0 Å². The lowest BCUT2D eigenvalue weighted by atomic mass is 10.1. The molecular weight excluding hydrogens is 389 g/mol. The van der Waals surface area contributed by atoms with Gasteiger partial charge >= 0.3 is 6.09 Å². The molecule has 0 aliphatic heterocycles. The Balaban J connectivity index is 2.25. The van der Waals surface area contributed by atoms with Crippen molar-refractivity contribution in [2.24, 2.45) is 0 Å². The summed E-state index contributed by atoms with van der Waals surface area (Å²) in [5.41, 5.74) is -1.25. The maximum atomic E-state index is 14.5. The topological polar surface area (TPSA) is 110 Å². The summed E-state index contributed by atoms with van der Waals surface area (Å²) in [4.78, 5) is 33.9. The van der Waals surface area contributed by atoms with Crippen LogP contribution in [0.5, 0.6) is 0 Å². The largest absolute Gasteiger partial charge is 0.444 e. The fraction of sp³-hybridized carbons (Fsp3) is 0.286. The Morgan fingerprint density at radius 1 is 1.33 bits per heavy atom. The van der Waals surface area contributed by atoms with Crippen LogP contribution in [0.15, 0.2) is 41.5 Å². The number of carbonyl (C=O) groups excluding carboxylic acids is 1. The number of carbonyl (C=O) groups is 1. The van der Waals surface area contributed by atoms with E-state index in [1.165, 1.54) is 23.0 Å². The molecule has 0 radical (unpaired) electrons. The SMILES string of the molecule is CC(NC(=O)OC(C)(C)C)c1nc2c(F)ccc(C#N)c2c(=O)n1-c1cccnc1. The lowest BCUT2D eigenvalue weighted by Crippen LogP contribution is -2.37. The molecule has 0 saturated heterocycles. The van der Waals surface area contributed by atoms with Gasteiger partial charge in [0, 0.05) is 6.20 Å². The van der Waals surface area contributed by atoms with Crippen molar-refractivity contribution >= 4 is 17.0 Å². The summed E-state index contributed by atoms with van der Waals surface area (Å²) < 4.78 is 21.0. The molecule has 9 heteroatoms. The van der Waals surface area contributed by atoms with E-state index >= 15 is 0 Å². The fourth-order valence-corrected chi connectivity index (χ4v) is 2.94. The summed E-state index contributed by atoms with van der Waals surface area (Å²) in [5, 5.41) is 11.9. The maximum Gasteiger partial charge on any atom is 0.408 e. The zero-order chi connectivity index (χ0) is 22.1.